The molecule has 0 unspecified atom stereocenters. The Labute approximate surface area is 196 Å². The Hall–Kier alpha value is -3.82. The Bertz CT molecular complexity index is 1050. The highest BCUT2D eigenvalue weighted by molar-refractivity contribution is 6.08. The Morgan fingerprint density at radius 2 is 1.03 bits per heavy atom. The smallest absolute Gasteiger partial charge is 0.339 e. The summed E-state index contributed by atoms with van der Waals surface area (Å²) in [6, 6.07) is 2.97. The first-order valence-electron chi connectivity index (χ1n) is 10.7. The van der Waals surface area contributed by atoms with Crippen molar-refractivity contribution in [1.82, 2.24) is 0 Å². The van der Waals surface area contributed by atoms with E-state index >= 15 is 0 Å². The maximum atomic E-state index is 13.2. The van der Waals surface area contributed by atoms with Crippen LogP contribution in [0.2, 0.25) is 0 Å². The molecule has 182 valence electrons. The minimum atomic E-state index is -0.645. The van der Waals surface area contributed by atoms with Gasteiger partial charge in [0.2, 0.25) is 25.1 Å². The van der Waals surface area contributed by atoms with Crippen molar-refractivity contribution in [3.8, 4) is 45.6 Å². The third-order valence-electron chi connectivity index (χ3n) is 5.03. The zero-order chi connectivity index (χ0) is 24.6. The summed E-state index contributed by atoms with van der Waals surface area (Å²) in [6.07, 6.45) is -0.799. The van der Waals surface area contributed by atoms with E-state index in [1.807, 2.05) is 0 Å². The Kier molecular flexibility index (Phi) is 6.32. The lowest BCUT2D eigenvalue weighted by molar-refractivity contribution is 0.0364. The molecule has 0 N–H and O–H groups in total. The second kappa shape index (κ2) is 9.20. The monoisotopic (exact) mass is 474 g/mol. The third kappa shape index (κ3) is 4.00. The number of hydrogen-bond donors (Lipinski definition) is 0. The van der Waals surface area contributed by atoms with Crippen LogP contribution < -0.4 is 28.4 Å². The van der Waals surface area contributed by atoms with Crippen LogP contribution in [0, 0.1) is 0 Å². The van der Waals surface area contributed by atoms with Gasteiger partial charge in [0, 0.05) is 11.1 Å². The Morgan fingerprint density at radius 1 is 0.676 bits per heavy atom. The lowest BCUT2D eigenvalue weighted by Crippen LogP contribution is -2.16. The number of rotatable bonds is 7. The molecular formula is C24H26O10. The summed E-state index contributed by atoms with van der Waals surface area (Å²) in [6.45, 7) is 6.71. The van der Waals surface area contributed by atoms with Crippen LogP contribution in [-0.4, -0.2) is 52.0 Å². The summed E-state index contributed by atoms with van der Waals surface area (Å²) in [4.78, 5) is 26.4. The molecule has 2 aliphatic heterocycles. The molecule has 2 aromatic rings. The number of hydrogen-bond acceptors (Lipinski definition) is 10. The Balaban J connectivity index is 2.08. The first-order valence-corrected chi connectivity index (χ1v) is 10.7. The van der Waals surface area contributed by atoms with Gasteiger partial charge in [-0.25, -0.2) is 9.59 Å². The molecule has 0 saturated heterocycles. The molecule has 0 spiro atoms. The first-order chi connectivity index (χ1) is 16.3. The summed E-state index contributed by atoms with van der Waals surface area (Å²) in [5, 5.41) is 0. The van der Waals surface area contributed by atoms with Gasteiger partial charge in [0.1, 0.15) is 0 Å². The van der Waals surface area contributed by atoms with Gasteiger partial charge in [0.15, 0.2) is 23.0 Å². The van der Waals surface area contributed by atoms with Gasteiger partial charge in [-0.2, -0.15) is 0 Å². The van der Waals surface area contributed by atoms with E-state index in [2.05, 4.69) is 0 Å². The normalized spacial score (nSPS) is 13.3. The summed E-state index contributed by atoms with van der Waals surface area (Å²) < 4.78 is 44.6. The number of ether oxygens (including phenoxy) is 8. The van der Waals surface area contributed by atoms with Crippen molar-refractivity contribution < 1.29 is 47.5 Å². The summed E-state index contributed by atoms with van der Waals surface area (Å²) in [5.74, 6) is 0.242. The number of benzene rings is 2. The number of carbonyl (C=O) groups excluding carboxylic acids is 2. The molecule has 4 rings (SSSR count). The molecule has 34 heavy (non-hydrogen) atoms. The number of esters is 2. The molecule has 0 aliphatic carbocycles. The van der Waals surface area contributed by atoms with Crippen molar-refractivity contribution in [3.05, 3.63) is 23.3 Å². The van der Waals surface area contributed by atoms with Crippen LogP contribution in [0.1, 0.15) is 48.4 Å². The highest BCUT2D eigenvalue weighted by Crippen LogP contribution is 2.56. The van der Waals surface area contributed by atoms with Crippen molar-refractivity contribution in [1.29, 1.82) is 0 Å². The lowest BCUT2D eigenvalue weighted by Gasteiger charge is -2.20. The SMILES string of the molecule is COc1cc(C(=O)OC(C)C)c(-c2c(C(=O)OC(C)C)cc(OC)c3c2OCO3)c2c1OCO2. The topological polar surface area (TPSA) is 108 Å². The molecule has 0 atom stereocenters. The predicted molar refractivity (Wildman–Crippen MR) is 118 cm³/mol. The van der Waals surface area contributed by atoms with Crippen LogP contribution in [0.15, 0.2) is 12.1 Å². The maximum Gasteiger partial charge on any atom is 0.339 e. The van der Waals surface area contributed by atoms with Crippen LogP contribution in [-0.2, 0) is 9.47 Å². The van der Waals surface area contributed by atoms with Gasteiger partial charge >= 0.3 is 11.9 Å². The van der Waals surface area contributed by atoms with Crippen molar-refractivity contribution in [3.63, 3.8) is 0 Å². The minimum absolute atomic E-state index is 0.0938. The van der Waals surface area contributed by atoms with E-state index in [1.54, 1.807) is 27.7 Å². The number of carbonyl (C=O) groups is 2. The molecule has 2 aromatic carbocycles. The largest absolute Gasteiger partial charge is 0.493 e. The quantitative estimate of drug-likeness (QED) is 0.547. The zero-order valence-corrected chi connectivity index (χ0v) is 19.8. The van der Waals surface area contributed by atoms with Crippen LogP contribution in [0.3, 0.4) is 0 Å². The Morgan fingerprint density at radius 3 is 1.35 bits per heavy atom. The number of fused-ring (bicyclic) bond motifs is 2. The molecule has 10 heteroatoms. The van der Waals surface area contributed by atoms with E-state index in [4.69, 9.17) is 37.9 Å². The highest BCUT2D eigenvalue weighted by atomic mass is 16.7. The fourth-order valence-corrected chi connectivity index (χ4v) is 3.75. The van der Waals surface area contributed by atoms with E-state index < -0.39 is 24.1 Å². The maximum absolute atomic E-state index is 13.2. The fourth-order valence-electron chi connectivity index (χ4n) is 3.75. The molecule has 0 radical (unpaired) electrons. The van der Waals surface area contributed by atoms with E-state index in [1.165, 1.54) is 26.4 Å². The molecule has 2 heterocycles. The van der Waals surface area contributed by atoms with Gasteiger partial charge < -0.3 is 37.9 Å². The summed E-state index contributed by atoms with van der Waals surface area (Å²) in [7, 11) is 2.89. The molecule has 0 fully saturated rings. The van der Waals surface area contributed by atoms with Gasteiger partial charge in [0.25, 0.3) is 0 Å². The summed E-state index contributed by atoms with van der Waals surface area (Å²) >= 11 is 0. The first kappa shape index (κ1) is 23.3. The molecule has 0 amide bonds. The highest BCUT2D eigenvalue weighted by Gasteiger charge is 2.38. The molecule has 2 aliphatic rings. The van der Waals surface area contributed by atoms with E-state index in [0.717, 1.165) is 0 Å². The van der Waals surface area contributed by atoms with Gasteiger partial charge in [0.05, 0.1) is 37.6 Å². The van der Waals surface area contributed by atoms with E-state index in [9.17, 15) is 9.59 Å². The zero-order valence-electron chi connectivity index (χ0n) is 19.8. The summed E-state index contributed by atoms with van der Waals surface area (Å²) in [5.41, 5.74) is 0.658. The van der Waals surface area contributed by atoms with Crippen LogP contribution in [0.4, 0.5) is 0 Å². The average Bonchev–Trinajstić information content (AvgIpc) is 3.46. The van der Waals surface area contributed by atoms with Crippen LogP contribution in [0.5, 0.6) is 34.5 Å². The molecule has 10 nitrogen and oxygen atoms in total. The lowest BCUT2D eigenvalue weighted by atomic mass is 9.91. The van der Waals surface area contributed by atoms with Crippen molar-refractivity contribution in [2.45, 2.75) is 39.9 Å². The van der Waals surface area contributed by atoms with Gasteiger partial charge in [-0.3, -0.25) is 0 Å². The second-order valence-electron chi connectivity index (χ2n) is 8.04. The molecule has 0 saturated carbocycles. The standard InChI is InChI=1S/C24H26O10/c1-11(2)33-23(25)13-7-15(27-5)19-21(31-9-29-19)17(13)18-14(24(26)34-12(3)4)8-16(28-6)20-22(18)32-10-30-20/h7-8,11-12H,9-10H2,1-6H3. The van der Waals surface area contributed by atoms with E-state index in [0.29, 0.717) is 0 Å². The predicted octanol–water partition coefficient (Wildman–Crippen LogP) is 3.96. The van der Waals surface area contributed by atoms with Crippen molar-refractivity contribution >= 4 is 11.9 Å². The molecule has 0 bridgehead atoms. The number of methoxy groups -OCH3 is 2. The average molecular weight is 474 g/mol. The van der Waals surface area contributed by atoms with Crippen molar-refractivity contribution in [2.24, 2.45) is 0 Å². The molecular weight excluding hydrogens is 448 g/mol. The van der Waals surface area contributed by atoms with Gasteiger partial charge in [-0.1, -0.05) is 0 Å². The fraction of sp³-hybridized carbons (Fsp3) is 0.417. The third-order valence-corrected chi connectivity index (χ3v) is 5.03. The second-order valence-corrected chi connectivity index (χ2v) is 8.04. The van der Waals surface area contributed by atoms with Crippen LogP contribution in [0.25, 0.3) is 11.1 Å². The van der Waals surface area contributed by atoms with Gasteiger partial charge in [-0.05, 0) is 39.8 Å². The van der Waals surface area contributed by atoms with Gasteiger partial charge in [-0.15, -0.1) is 0 Å². The molecule has 0 aromatic heterocycles. The van der Waals surface area contributed by atoms with Crippen molar-refractivity contribution in [2.75, 3.05) is 27.8 Å². The van der Waals surface area contributed by atoms with Crippen LogP contribution >= 0.6 is 0 Å². The van der Waals surface area contributed by atoms with E-state index in [-0.39, 0.29) is 70.3 Å². The minimum Gasteiger partial charge on any atom is -0.493 e.